The van der Waals surface area contributed by atoms with Crippen molar-refractivity contribution in [1.29, 1.82) is 0 Å². The number of hydrogen-bond acceptors (Lipinski definition) is 4. The van der Waals surface area contributed by atoms with Crippen LogP contribution < -0.4 is 0 Å². The second-order valence-corrected chi connectivity index (χ2v) is 7.39. The van der Waals surface area contributed by atoms with E-state index in [9.17, 15) is 0 Å². The van der Waals surface area contributed by atoms with Gasteiger partial charge in [0.15, 0.2) is 0 Å². The Morgan fingerprint density at radius 2 is 1.80 bits per heavy atom. The molecule has 3 aromatic rings. The summed E-state index contributed by atoms with van der Waals surface area (Å²) in [6, 6.07) is 8.22. The molecule has 0 radical (unpaired) electrons. The Labute approximate surface area is 152 Å². The third-order valence-electron chi connectivity index (χ3n) is 4.04. The summed E-state index contributed by atoms with van der Waals surface area (Å²) in [6.07, 6.45) is 3.58. The first-order chi connectivity index (χ1) is 11.8. The highest BCUT2D eigenvalue weighted by atomic mass is 35.5. The Morgan fingerprint density at radius 1 is 1.12 bits per heavy atom. The van der Waals surface area contributed by atoms with Crippen molar-refractivity contribution in [3.05, 3.63) is 52.1 Å². The molecule has 0 fully saturated rings. The highest BCUT2D eigenvalue weighted by molar-refractivity contribution is 6.31. The van der Waals surface area contributed by atoms with E-state index in [4.69, 9.17) is 16.1 Å². The normalized spacial score (nSPS) is 12.2. The largest absolute Gasteiger partial charge is 0.334 e. The molecule has 2 aromatic heterocycles. The van der Waals surface area contributed by atoms with Gasteiger partial charge < -0.3 is 4.52 Å². The average Bonchev–Trinajstić information content (AvgIpc) is 3.11. The van der Waals surface area contributed by atoms with Crippen LogP contribution in [-0.2, 0) is 12.5 Å². The van der Waals surface area contributed by atoms with E-state index in [2.05, 4.69) is 48.1 Å². The van der Waals surface area contributed by atoms with E-state index in [0.29, 0.717) is 16.9 Å². The first-order valence-corrected chi connectivity index (χ1v) is 8.45. The Kier molecular flexibility index (Phi) is 4.52. The lowest BCUT2D eigenvalue weighted by atomic mass is 9.87. The molecule has 0 aliphatic carbocycles. The van der Waals surface area contributed by atoms with Gasteiger partial charge in [0, 0.05) is 24.3 Å². The molecule has 0 N–H and O–H groups in total. The van der Waals surface area contributed by atoms with E-state index in [-0.39, 0.29) is 5.41 Å². The zero-order valence-corrected chi connectivity index (χ0v) is 15.8. The number of hydrogen-bond donors (Lipinski definition) is 0. The first-order valence-electron chi connectivity index (χ1n) is 8.07. The quantitative estimate of drug-likeness (QED) is 0.669. The molecule has 6 heteroatoms. The molecular weight excluding hydrogens is 336 g/mol. The van der Waals surface area contributed by atoms with Gasteiger partial charge in [0.2, 0.25) is 5.82 Å². The van der Waals surface area contributed by atoms with Crippen LogP contribution in [0.4, 0.5) is 0 Å². The molecule has 0 unspecified atom stereocenters. The van der Waals surface area contributed by atoms with E-state index in [1.807, 2.05) is 25.1 Å². The summed E-state index contributed by atoms with van der Waals surface area (Å²) in [6.45, 7) is 8.46. The predicted octanol–water partition coefficient (Wildman–Crippen LogP) is 4.90. The van der Waals surface area contributed by atoms with Crippen molar-refractivity contribution in [2.24, 2.45) is 7.05 Å². The molecule has 3 rings (SSSR count). The van der Waals surface area contributed by atoms with E-state index < -0.39 is 0 Å². The Hall–Kier alpha value is -2.40. The topological polar surface area (TPSA) is 56.7 Å². The summed E-state index contributed by atoms with van der Waals surface area (Å²) in [5.74, 6) is 0.989. The zero-order chi connectivity index (χ0) is 18.2. The lowest BCUT2D eigenvalue weighted by Gasteiger charge is -2.18. The van der Waals surface area contributed by atoms with Gasteiger partial charge in [0.05, 0.1) is 5.69 Å². The molecule has 25 heavy (non-hydrogen) atoms. The third-order valence-corrected chi connectivity index (χ3v) is 4.49. The highest BCUT2D eigenvalue weighted by Crippen LogP contribution is 2.25. The average molecular weight is 357 g/mol. The fourth-order valence-corrected chi connectivity index (χ4v) is 2.77. The lowest BCUT2D eigenvalue weighted by Crippen LogP contribution is -2.10. The van der Waals surface area contributed by atoms with Crippen LogP contribution in [0.2, 0.25) is 5.15 Å². The Bertz CT molecular complexity index is 914. The highest BCUT2D eigenvalue weighted by Gasteiger charge is 2.14. The van der Waals surface area contributed by atoms with E-state index >= 15 is 0 Å². The van der Waals surface area contributed by atoms with Crippen LogP contribution >= 0.6 is 11.6 Å². The number of benzene rings is 1. The van der Waals surface area contributed by atoms with Crippen molar-refractivity contribution in [2.45, 2.75) is 33.1 Å². The molecule has 2 heterocycles. The van der Waals surface area contributed by atoms with Crippen LogP contribution in [0.25, 0.3) is 23.5 Å². The van der Waals surface area contributed by atoms with Crippen molar-refractivity contribution in [3.63, 3.8) is 0 Å². The maximum atomic E-state index is 6.22. The fourth-order valence-electron chi connectivity index (χ4n) is 2.53. The molecule has 0 saturated heterocycles. The van der Waals surface area contributed by atoms with Crippen molar-refractivity contribution in [3.8, 4) is 11.4 Å². The number of nitrogens with zero attached hydrogens (tertiary/aromatic N) is 4. The molecule has 0 bridgehead atoms. The van der Waals surface area contributed by atoms with Crippen LogP contribution in [0.5, 0.6) is 0 Å². The molecule has 0 aliphatic rings. The summed E-state index contributed by atoms with van der Waals surface area (Å²) in [7, 11) is 1.80. The summed E-state index contributed by atoms with van der Waals surface area (Å²) in [4.78, 5) is 4.42. The molecule has 0 spiro atoms. The minimum absolute atomic E-state index is 0.116. The van der Waals surface area contributed by atoms with Crippen LogP contribution in [0, 0.1) is 6.92 Å². The second-order valence-electron chi connectivity index (χ2n) is 7.03. The van der Waals surface area contributed by atoms with Gasteiger partial charge in [-0.05, 0) is 24.0 Å². The van der Waals surface area contributed by atoms with Crippen LogP contribution in [0.3, 0.4) is 0 Å². The third kappa shape index (κ3) is 3.66. The van der Waals surface area contributed by atoms with Gasteiger partial charge in [-0.1, -0.05) is 61.8 Å². The number of aryl methyl sites for hydroxylation is 2. The van der Waals surface area contributed by atoms with Gasteiger partial charge in [-0.3, -0.25) is 4.68 Å². The molecule has 0 saturated carbocycles. The minimum atomic E-state index is 0.116. The second kappa shape index (κ2) is 6.48. The Balaban J connectivity index is 1.82. The maximum absolute atomic E-state index is 6.22. The van der Waals surface area contributed by atoms with Crippen molar-refractivity contribution >= 4 is 23.8 Å². The van der Waals surface area contributed by atoms with Gasteiger partial charge in [0.25, 0.3) is 5.89 Å². The van der Waals surface area contributed by atoms with Crippen LogP contribution in [0.15, 0.2) is 28.8 Å². The Morgan fingerprint density at radius 3 is 2.36 bits per heavy atom. The monoisotopic (exact) mass is 356 g/mol. The van der Waals surface area contributed by atoms with E-state index in [1.54, 1.807) is 17.8 Å². The molecule has 5 nitrogen and oxygen atoms in total. The van der Waals surface area contributed by atoms with Crippen molar-refractivity contribution in [2.75, 3.05) is 0 Å². The van der Waals surface area contributed by atoms with Crippen molar-refractivity contribution in [1.82, 2.24) is 19.9 Å². The number of halogens is 1. The molecule has 0 amide bonds. The molecule has 0 atom stereocenters. The van der Waals surface area contributed by atoms with E-state index in [0.717, 1.165) is 16.8 Å². The van der Waals surface area contributed by atoms with Gasteiger partial charge >= 0.3 is 0 Å². The van der Waals surface area contributed by atoms with Crippen LogP contribution in [-0.4, -0.2) is 19.9 Å². The number of aromatic nitrogens is 4. The molecule has 1 aromatic carbocycles. The fraction of sp³-hybridized carbons (Fsp3) is 0.316. The maximum Gasteiger partial charge on any atom is 0.250 e. The van der Waals surface area contributed by atoms with Gasteiger partial charge in [-0.15, -0.1) is 0 Å². The smallest absolute Gasteiger partial charge is 0.250 e. The zero-order valence-electron chi connectivity index (χ0n) is 15.0. The summed E-state index contributed by atoms with van der Waals surface area (Å²) in [5, 5.41) is 8.90. The van der Waals surface area contributed by atoms with Gasteiger partial charge in [0.1, 0.15) is 5.15 Å². The first kappa shape index (κ1) is 17.4. The summed E-state index contributed by atoms with van der Waals surface area (Å²) < 4.78 is 6.94. The lowest BCUT2D eigenvalue weighted by molar-refractivity contribution is 0.411. The molecule has 0 aliphatic heterocycles. The standard InChI is InChI=1S/C19H21ClN4O/c1-12-15(17(20)24(5)22-12)10-11-16-21-18(23-25-16)13-6-8-14(9-7-13)19(2,3)4/h6-11H,1-5H3/b11-10-. The van der Waals surface area contributed by atoms with Gasteiger partial charge in [-0.25, -0.2) is 0 Å². The molecular formula is C19H21ClN4O. The summed E-state index contributed by atoms with van der Waals surface area (Å²) >= 11 is 6.22. The van der Waals surface area contributed by atoms with Crippen LogP contribution in [0.1, 0.15) is 43.5 Å². The number of rotatable bonds is 3. The van der Waals surface area contributed by atoms with Gasteiger partial charge in [-0.2, -0.15) is 10.1 Å². The predicted molar refractivity (Wildman–Crippen MR) is 100 cm³/mol. The van der Waals surface area contributed by atoms with E-state index in [1.165, 1.54) is 5.56 Å². The minimum Gasteiger partial charge on any atom is -0.334 e. The summed E-state index contributed by atoms with van der Waals surface area (Å²) in [5.41, 5.74) is 4.00. The van der Waals surface area contributed by atoms with Crippen molar-refractivity contribution < 1.29 is 4.52 Å². The SMILES string of the molecule is Cc1nn(C)c(Cl)c1/C=C\c1nc(-c2ccc(C(C)(C)C)cc2)no1. The molecule has 130 valence electrons.